The Morgan fingerprint density at radius 1 is 1.47 bits per heavy atom. The second-order valence-corrected chi connectivity index (χ2v) is 4.59. The van der Waals surface area contributed by atoms with Gasteiger partial charge in [0.15, 0.2) is 0 Å². The van der Waals surface area contributed by atoms with E-state index in [0.29, 0.717) is 13.1 Å². The fraction of sp³-hybridized carbons (Fsp3) is 0.769. The molecule has 0 bridgehead atoms. The van der Waals surface area contributed by atoms with Crippen LogP contribution in [0.4, 0.5) is 0 Å². The quantitative estimate of drug-likeness (QED) is 0.642. The Balaban J connectivity index is 2.14. The Kier molecular flexibility index (Phi) is 6.68. The zero-order valence-corrected chi connectivity index (χ0v) is 10.7. The van der Waals surface area contributed by atoms with Crippen LogP contribution in [0.15, 0.2) is 0 Å². The first kappa shape index (κ1) is 14.0. The van der Waals surface area contributed by atoms with Crippen molar-refractivity contribution in [3.63, 3.8) is 0 Å². The molecule has 0 aromatic carbocycles. The maximum absolute atomic E-state index is 11.5. The number of carbonyl (C=O) groups is 1. The SMILES string of the molecule is C#CCNC(=O)CN1CCC(CCNC)CC1. The van der Waals surface area contributed by atoms with Gasteiger partial charge in [-0.1, -0.05) is 5.92 Å². The molecule has 96 valence electrons. The molecule has 0 saturated carbocycles. The molecule has 1 heterocycles. The molecule has 4 nitrogen and oxygen atoms in total. The van der Waals surface area contributed by atoms with E-state index in [2.05, 4.69) is 21.5 Å². The van der Waals surface area contributed by atoms with Gasteiger partial charge in [0, 0.05) is 0 Å². The molecular formula is C13H23N3O. The van der Waals surface area contributed by atoms with Crippen molar-refractivity contribution in [1.82, 2.24) is 15.5 Å². The number of hydrogen-bond acceptors (Lipinski definition) is 3. The first-order chi connectivity index (χ1) is 8.26. The molecule has 0 aliphatic carbocycles. The number of likely N-dealkylation sites (tertiary alicyclic amines) is 1. The monoisotopic (exact) mass is 237 g/mol. The second-order valence-electron chi connectivity index (χ2n) is 4.59. The fourth-order valence-electron chi connectivity index (χ4n) is 2.19. The highest BCUT2D eigenvalue weighted by atomic mass is 16.2. The highest BCUT2D eigenvalue weighted by Crippen LogP contribution is 2.19. The Morgan fingerprint density at radius 2 is 2.18 bits per heavy atom. The topological polar surface area (TPSA) is 44.4 Å². The molecule has 1 aliphatic heterocycles. The summed E-state index contributed by atoms with van der Waals surface area (Å²) in [5.74, 6) is 3.26. The molecule has 1 rings (SSSR count). The molecule has 0 radical (unpaired) electrons. The summed E-state index contributed by atoms with van der Waals surface area (Å²) in [6, 6.07) is 0. The molecule has 1 amide bonds. The summed E-state index contributed by atoms with van der Waals surface area (Å²) in [5, 5.41) is 5.88. The number of hydrogen-bond donors (Lipinski definition) is 2. The minimum atomic E-state index is 0.0385. The molecule has 0 unspecified atom stereocenters. The smallest absolute Gasteiger partial charge is 0.234 e. The lowest BCUT2D eigenvalue weighted by atomic mass is 9.93. The van der Waals surface area contributed by atoms with E-state index in [1.165, 1.54) is 19.3 Å². The van der Waals surface area contributed by atoms with Crippen LogP contribution in [0.5, 0.6) is 0 Å². The summed E-state index contributed by atoms with van der Waals surface area (Å²) < 4.78 is 0. The van der Waals surface area contributed by atoms with Crippen molar-refractivity contribution in [2.45, 2.75) is 19.3 Å². The van der Waals surface area contributed by atoms with Crippen LogP contribution in [-0.2, 0) is 4.79 Å². The summed E-state index contributed by atoms with van der Waals surface area (Å²) >= 11 is 0. The number of terminal acetylenes is 1. The molecule has 1 aliphatic rings. The molecule has 0 spiro atoms. The summed E-state index contributed by atoms with van der Waals surface area (Å²) in [6.45, 7) is 3.96. The van der Waals surface area contributed by atoms with Crippen molar-refractivity contribution in [2.24, 2.45) is 5.92 Å². The third kappa shape index (κ3) is 5.71. The van der Waals surface area contributed by atoms with E-state index in [1.54, 1.807) is 0 Å². The zero-order valence-electron chi connectivity index (χ0n) is 10.7. The van der Waals surface area contributed by atoms with Crippen LogP contribution in [0, 0.1) is 18.3 Å². The van der Waals surface area contributed by atoms with Crippen molar-refractivity contribution < 1.29 is 4.79 Å². The van der Waals surface area contributed by atoms with E-state index in [9.17, 15) is 4.79 Å². The fourth-order valence-corrected chi connectivity index (χ4v) is 2.19. The number of amides is 1. The molecular weight excluding hydrogens is 214 g/mol. The molecule has 2 N–H and O–H groups in total. The van der Waals surface area contributed by atoms with E-state index >= 15 is 0 Å². The minimum absolute atomic E-state index is 0.0385. The average molecular weight is 237 g/mol. The van der Waals surface area contributed by atoms with Gasteiger partial charge in [-0.2, -0.15) is 0 Å². The maximum Gasteiger partial charge on any atom is 0.234 e. The zero-order chi connectivity index (χ0) is 12.5. The number of nitrogens with zero attached hydrogens (tertiary/aromatic N) is 1. The highest BCUT2D eigenvalue weighted by Gasteiger charge is 2.19. The van der Waals surface area contributed by atoms with Gasteiger partial charge in [0.2, 0.25) is 5.91 Å². The normalized spacial score (nSPS) is 17.6. The molecule has 0 aromatic rings. The van der Waals surface area contributed by atoms with Gasteiger partial charge >= 0.3 is 0 Å². The number of nitrogens with one attached hydrogen (secondary N) is 2. The van der Waals surface area contributed by atoms with Crippen LogP contribution in [0.1, 0.15) is 19.3 Å². The van der Waals surface area contributed by atoms with Gasteiger partial charge in [-0.3, -0.25) is 9.69 Å². The third-order valence-electron chi connectivity index (χ3n) is 3.26. The van der Waals surface area contributed by atoms with Crippen LogP contribution >= 0.6 is 0 Å². The Morgan fingerprint density at radius 3 is 2.76 bits per heavy atom. The van der Waals surface area contributed by atoms with Crippen molar-refractivity contribution >= 4 is 5.91 Å². The van der Waals surface area contributed by atoms with E-state index in [1.807, 2.05) is 7.05 Å². The lowest BCUT2D eigenvalue weighted by Crippen LogP contribution is -2.41. The predicted molar refractivity (Wildman–Crippen MR) is 69.6 cm³/mol. The first-order valence-corrected chi connectivity index (χ1v) is 6.33. The van der Waals surface area contributed by atoms with Crippen LogP contribution < -0.4 is 10.6 Å². The molecule has 17 heavy (non-hydrogen) atoms. The Labute approximate surface area is 104 Å². The van der Waals surface area contributed by atoms with Crippen molar-refractivity contribution in [3.8, 4) is 12.3 Å². The number of piperidine rings is 1. The summed E-state index contributed by atoms with van der Waals surface area (Å²) in [5.41, 5.74) is 0. The number of rotatable bonds is 6. The predicted octanol–water partition coefficient (Wildman–Crippen LogP) is 0.0573. The van der Waals surface area contributed by atoms with Crippen molar-refractivity contribution in [1.29, 1.82) is 0 Å². The number of carbonyl (C=O) groups excluding carboxylic acids is 1. The summed E-state index contributed by atoms with van der Waals surface area (Å²) in [7, 11) is 1.99. The standard InChI is InChI=1S/C13H23N3O/c1-3-7-15-13(17)11-16-9-5-12(6-10-16)4-8-14-2/h1,12,14H,4-11H2,2H3,(H,15,17). The maximum atomic E-state index is 11.5. The average Bonchev–Trinajstić information content (AvgIpc) is 2.35. The van der Waals surface area contributed by atoms with Crippen molar-refractivity contribution in [2.75, 3.05) is 39.8 Å². The molecule has 1 saturated heterocycles. The van der Waals surface area contributed by atoms with Crippen LogP contribution in [0.25, 0.3) is 0 Å². The van der Waals surface area contributed by atoms with Gasteiger partial charge in [-0.05, 0) is 51.9 Å². The minimum Gasteiger partial charge on any atom is -0.344 e. The van der Waals surface area contributed by atoms with Gasteiger partial charge in [-0.15, -0.1) is 6.42 Å². The lowest BCUT2D eigenvalue weighted by molar-refractivity contribution is -0.122. The van der Waals surface area contributed by atoms with Gasteiger partial charge in [0.1, 0.15) is 0 Å². The van der Waals surface area contributed by atoms with Crippen LogP contribution in [0.3, 0.4) is 0 Å². The Hall–Kier alpha value is -1.05. The first-order valence-electron chi connectivity index (χ1n) is 6.33. The van der Waals surface area contributed by atoms with Gasteiger partial charge in [0.05, 0.1) is 13.1 Å². The molecule has 1 fully saturated rings. The largest absolute Gasteiger partial charge is 0.344 e. The van der Waals surface area contributed by atoms with Gasteiger partial charge < -0.3 is 10.6 Å². The second kappa shape index (κ2) is 8.10. The molecule has 0 aromatic heterocycles. The van der Waals surface area contributed by atoms with Crippen LogP contribution in [0.2, 0.25) is 0 Å². The van der Waals surface area contributed by atoms with Gasteiger partial charge in [-0.25, -0.2) is 0 Å². The molecule has 4 heteroatoms. The summed E-state index contributed by atoms with van der Waals surface area (Å²) in [6.07, 6.45) is 8.73. The summed E-state index contributed by atoms with van der Waals surface area (Å²) in [4.78, 5) is 13.7. The highest BCUT2D eigenvalue weighted by molar-refractivity contribution is 5.78. The lowest BCUT2D eigenvalue weighted by Gasteiger charge is -2.31. The Bertz CT molecular complexity index is 264. The third-order valence-corrected chi connectivity index (χ3v) is 3.26. The van der Waals surface area contributed by atoms with E-state index in [0.717, 1.165) is 25.6 Å². The van der Waals surface area contributed by atoms with Crippen molar-refractivity contribution in [3.05, 3.63) is 0 Å². The van der Waals surface area contributed by atoms with E-state index in [-0.39, 0.29) is 5.91 Å². The van der Waals surface area contributed by atoms with E-state index < -0.39 is 0 Å². The van der Waals surface area contributed by atoms with Gasteiger partial charge in [0.25, 0.3) is 0 Å². The molecule has 0 atom stereocenters. The van der Waals surface area contributed by atoms with E-state index in [4.69, 9.17) is 6.42 Å². The van der Waals surface area contributed by atoms with Crippen LogP contribution in [-0.4, -0.2) is 50.6 Å².